The van der Waals surface area contributed by atoms with Gasteiger partial charge in [-0.05, 0) is 30.7 Å². The van der Waals surface area contributed by atoms with Gasteiger partial charge in [0.2, 0.25) is 4.80 Å². The molecular formula is C12H10N4S. The summed E-state index contributed by atoms with van der Waals surface area (Å²) < 4.78 is 6.35. The van der Waals surface area contributed by atoms with Crippen molar-refractivity contribution in [1.29, 1.82) is 0 Å². The SMILES string of the molecule is Cc1ccc2nsc(=Nc3ccncc3)n2c1. The van der Waals surface area contributed by atoms with Crippen LogP contribution in [0.25, 0.3) is 5.65 Å². The van der Waals surface area contributed by atoms with Gasteiger partial charge in [-0.2, -0.15) is 4.37 Å². The highest BCUT2D eigenvalue weighted by Crippen LogP contribution is 2.08. The van der Waals surface area contributed by atoms with Gasteiger partial charge in [0.25, 0.3) is 0 Å². The third kappa shape index (κ3) is 1.97. The second-order valence-corrected chi connectivity index (χ2v) is 4.45. The molecule has 4 nitrogen and oxygen atoms in total. The largest absolute Gasteiger partial charge is 0.275 e. The van der Waals surface area contributed by atoms with Crippen molar-refractivity contribution in [2.24, 2.45) is 4.99 Å². The summed E-state index contributed by atoms with van der Waals surface area (Å²) in [7, 11) is 0. The van der Waals surface area contributed by atoms with Crippen molar-refractivity contribution in [1.82, 2.24) is 13.8 Å². The van der Waals surface area contributed by atoms with Crippen molar-refractivity contribution in [3.63, 3.8) is 0 Å². The van der Waals surface area contributed by atoms with Crippen LogP contribution in [0.1, 0.15) is 5.56 Å². The molecule has 0 aliphatic carbocycles. The summed E-state index contributed by atoms with van der Waals surface area (Å²) in [6.45, 7) is 2.06. The average Bonchev–Trinajstić information content (AvgIpc) is 2.73. The van der Waals surface area contributed by atoms with E-state index in [9.17, 15) is 0 Å². The van der Waals surface area contributed by atoms with E-state index in [1.54, 1.807) is 12.4 Å². The molecule has 3 rings (SSSR count). The molecule has 0 amide bonds. The van der Waals surface area contributed by atoms with Gasteiger partial charge in [-0.25, -0.2) is 4.99 Å². The number of aromatic nitrogens is 3. The first-order valence-electron chi connectivity index (χ1n) is 5.22. The molecule has 0 aromatic carbocycles. The van der Waals surface area contributed by atoms with Crippen LogP contribution in [-0.4, -0.2) is 13.8 Å². The lowest BCUT2D eigenvalue weighted by Gasteiger charge is -1.95. The first kappa shape index (κ1) is 10.2. The zero-order chi connectivity index (χ0) is 11.7. The number of rotatable bonds is 1. The van der Waals surface area contributed by atoms with E-state index in [0.717, 1.165) is 16.1 Å². The predicted molar refractivity (Wildman–Crippen MR) is 67.3 cm³/mol. The molecule has 17 heavy (non-hydrogen) atoms. The van der Waals surface area contributed by atoms with Crippen LogP contribution >= 0.6 is 11.5 Å². The Balaban J connectivity index is 2.24. The van der Waals surface area contributed by atoms with Gasteiger partial charge >= 0.3 is 0 Å². The molecule has 3 aromatic rings. The lowest BCUT2D eigenvalue weighted by molar-refractivity contribution is 1.07. The van der Waals surface area contributed by atoms with E-state index in [4.69, 9.17) is 0 Å². The summed E-state index contributed by atoms with van der Waals surface area (Å²) >= 11 is 1.39. The van der Waals surface area contributed by atoms with Crippen molar-refractivity contribution in [2.75, 3.05) is 0 Å². The van der Waals surface area contributed by atoms with E-state index in [-0.39, 0.29) is 0 Å². The van der Waals surface area contributed by atoms with Gasteiger partial charge < -0.3 is 0 Å². The van der Waals surface area contributed by atoms with E-state index >= 15 is 0 Å². The molecule has 0 atom stereocenters. The van der Waals surface area contributed by atoms with Crippen LogP contribution in [-0.2, 0) is 0 Å². The molecule has 0 radical (unpaired) electrons. The van der Waals surface area contributed by atoms with Gasteiger partial charge in [-0.15, -0.1) is 0 Å². The number of hydrogen-bond acceptors (Lipinski definition) is 4. The van der Waals surface area contributed by atoms with Crippen LogP contribution in [0.5, 0.6) is 0 Å². The fourth-order valence-electron chi connectivity index (χ4n) is 1.56. The molecule has 0 unspecified atom stereocenters. The van der Waals surface area contributed by atoms with Crippen LogP contribution < -0.4 is 4.80 Å². The molecule has 3 heterocycles. The smallest absolute Gasteiger partial charge is 0.213 e. The highest BCUT2D eigenvalue weighted by molar-refractivity contribution is 7.03. The Morgan fingerprint density at radius 2 is 2.00 bits per heavy atom. The molecule has 5 heteroatoms. The van der Waals surface area contributed by atoms with Crippen LogP contribution in [0.2, 0.25) is 0 Å². The first-order valence-corrected chi connectivity index (χ1v) is 6.00. The zero-order valence-electron chi connectivity index (χ0n) is 9.24. The Morgan fingerprint density at radius 1 is 1.18 bits per heavy atom. The molecule has 0 aliphatic rings. The van der Waals surface area contributed by atoms with Crippen LogP contribution in [0.4, 0.5) is 5.69 Å². The Kier molecular flexibility index (Phi) is 2.45. The summed E-state index contributed by atoms with van der Waals surface area (Å²) in [5.74, 6) is 0. The van der Waals surface area contributed by atoms with Gasteiger partial charge in [0, 0.05) is 30.1 Å². The third-order valence-corrected chi connectivity index (χ3v) is 3.12. The molecule has 0 N–H and O–H groups in total. The molecule has 0 bridgehead atoms. The number of hydrogen-bond donors (Lipinski definition) is 0. The highest BCUT2D eigenvalue weighted by Gasteiger charge is 1.98. The molecular weight excluding hydrogens is 232 g/mol. The quantitative estimate of drug-likeness (QED) is 0.657. The minimum atomic E-state index is 0.870. The highest BCUT2D eigenvalue weighted by atomic mass is 32.1. The summed E-state index contributed by atoms with van der Waals surface area (Å²) in [6.07, 6.45) is 5.51. The second-order valence-electron chi connectivity index (χ2n) is 3.72. The van der Waals surface area contributed by atoms with Crippen LogP contribution in [0.3, 0.4) is 0 Å². The molecule has 0 spiro atoms. The fraction of sp³-hybridized carbons (Fsp3) is 0.0833. The molecule has 0 aliphatic heterocycles. The maximum absolute atomic E-state index is 4.55. The Hall–Kier alpha value is -2.01. The predicted octanol–water partition coefficient (Wildman–Crippen LogP) is 2.33. The van der Waals surface area contributed by atoms with Crippen LogP contribution in [0.15, 0.2) is 47.8 Å². The fourth-order valence-corrected chi connectivity index (χ4v) is 2.27. The maximum Gasteiger partial charge on any atom is 0.213 e. The Morgan fingerprint density at radius 3 is 2.82 bits per heavy atom. The lowest BCUT2D eigenvalue weighted by atomic mass is 10.3. The van der Waals surface area contributed by atoms with Gasteiger partial charge in [-0.1, -0.05) is 6.07 Å². The minimum Gasteiger partial charge on any atom is -0.275 e. The van der Waals surface area contributed by atoms with Crippen molar-refractivity contribution in [2.45, 2.75) is 6.92 Å². The van der Waals surface area contributed by atoms with Crippen molar-refractivity contribution >= 4 is 22.9 Å². The van der Waals surface area contributed by atoms with E-state index in [0.29, 0.717) is 0 Å². The molecule has 84 valence electrons. The van der Waals surface area contributed by atoms with E-state index in [1.807, 2.05) is 34.9 Å². The van der Waals surface area contributed by atoms with Gasteiger partial charge in [0.15, 0.2) is 5.65 Å². The van der Waals surface area contributed by atoms with E-state index < -0.39 is 0 Å². The third-order valence-electron chi connectivity index (χ3n) is 2.39. The number of nitrogens with zero attached hydrogens (tertiary/aromatic N) is 4. The summed E-state index contributed by atoms with van der Waals surface area (Å²) in [5, 5.41) is 0. The molecule has 3 aromatic heterocycles. The monoisotopic (exact) mass is 242 g/mol. The zero-order valence-corrected chi connectivity index (χ0v) is 10.1. The van der Waals surface area contributed by atoms with E-state index in [1.165, 1.54) is 17.1 Å². The van der Waals surface area contributed by atoms with Crippen molar-refractivity contribution < 1.29 is 0 Å². The molecule has 0 saturated carbocycles. The molecule has 0 fully saturated rings. The normalized spacial score (nSPS) is 12.2. The number of pyridine rings is 2. The minimum absolute atomic E-state index is 0.870. The topological polar surface area (TPSA) is 42.5 Å². The standard InChI is InChI=1S/C12H10N4S/c1-9-2-3-11-15-17-12(16(11)8-9)14-10-4-6-13-7-5-10/h2-8H,1H3. The first-order chi connectivity index (χ1) is 8.33. The number of fused-ring (bicyclic) bond motifs is 1. The van der Waals surface area contributed by atoms with Crippen LogP contribution in [0, 0.1) is 6.92 Å². The van der Waals surface area contributed by atoms with Crippen molar-refractivity contribution in [3.8, 4) is 0 Å². The Bertz CT molecular complexity index is 712. The van der Waals surface area contributed by atoms with Gasteiger partial charge in [0.05, 0.1) is 5.69 Å². The average molecular weight is 242 g/mol. The number of aryl methyl sites for hydroxylation is 1. The Labute approximate surface area is 102 Å². The van der Waals surface area contributed by atoms with Gasteiger partial charge in [-0.3, -0.25) is 9.38 Å². The maximum atomic E-state index is 4.55. The summed E-state index contributed by atoms with van der Waals surface area (Å²) in [4.78, 5) is 9.39. The summed E-state index contributed by atoms with van der Waals surface area (Å²) in [6, 6.07) is 7.80. The molecule has 0 saturated heterocycles. The van der Waals surface area contributed by atoms with Crippen molar-refractivity contribution in [3.05, 3.63) is 53.2 Å². The lowest BCUT2D eigenvalue weighted by Crippen LogP contribution is -2.05. The summed E-state index contributed by atoms with van der Waals surface area (Å²) in [5.41, 5.74) is 3.00. The van der Waals surface area contributed by atoms with E-state index in [2.05, 4.69) is 21.3 Å². The second kappa shape index (κ2) is 4.10. The van der Waals surface area contributed by atoms with Gasteiger partial charge in [0.1, 0.15) is 0 Å².